The van der Waals surface area contributed by atoms with Gasteiger partial charge in [0.15, 0.2) is 0 Å². The van der Waals surface area contributed by atoms with Crippen LogP contribution in [0.3, 0.4) is 0 Å². The molecule has 0 radical (unpaired) electrons. The Labute approximate surface area is 39.1 Å². The van der Waals surface area contributed by atoms with E-state index in [0.29, 0.717) is 0 Å². The fraction of sp³-hybridized carbons (Fsp3) is 1.00. The topological polar surface area (TPSA) is 0 Å². The molecule has 0 saturated heterocycles. The Hall–Kier alpha value is 0. The van der Waals surface area contributed by atoms with Gasteiger partial charge >= 0.3 is 0 Å². The van der Waals surface area contributed by atoms with Crippen LogP contribution in [0, 0.1) is 0 Å². The molecule has 0 aliphatic carbocycles. The van der Waals surface area contributed by atoms with Crippen LogP contribution in [-0.2, 0) is 0 Å². The lowest BCUT2D eigenvalue weighted by molar-refractivity contribution is 0.886. The summed E-state index contributed by atoms with van der Waals surface area (Å²) in [4.78, 5) is 0. The Balaban J connectivity index is 4.85. The summed E-state index contributed by atoms with van der Waals surface area (Å²) < 4.78 is 54.8. The molecule has 0 aromatic carbocycles. The first-order valence-corrected chi connectivity index (χ1v) is 0.854. The normalized spacial score (nSPS) is 47.0. The lowest BCUT2D eigenvalue weighted by Gasteiger charge is -1.68. The lowest BCUT2D eigenvalue weighted by Crippen LogP contribution is -1.47. The Bertz CT molecular complexity index is 155. The number of hydrogen-bond donors (Lipinski definition) is 0. The molecule has 4 heavy (non-hydrogen) atoms. The fourth-order valence-electron chi connectivity index (χ4n) is 0. The van der Waals surface area contributed by atoms with Crippen molar-refractivity contribution in [1.82, 2.24) is 0 Å². The van der Waals surface area contributed by atoms with Gasteiger partial charge in [0.1, 0.15) is 0 Å². The summed E-state index contributed by atoms with van der Waals surface area (Å²) in [7, 11) is 0. The van der Waals surface area contributed by atoms with E-state index in [1.54, 1.807) is 0 Å². The van der Waals surface area contributed by atoms with Crippen LogP contribution in [0.4, 0.5) is 0 Å². The molecular weight excluding hydrogens is 48.0 g/mol. The molecule has 0 fully saturated rings. The van der Waals surface area contributed by atoms with E-state index in [2.05, 4.69) is 0 Å². The molecule has 0 nitrogen and oxygen atoms in total. The second-order valence-electron chi connectivity index (χ2n) is 0.302. The molecule has 0 aromatic heterocycles. The first kappa shape index (κ1) is 0.298. The zero-order valence-electron chi connectivity index (χ0n) is 10.2. The molecule has 26 valence electrons. The molecule has 0 bridgehead atoms. The summed E-state index contributed by atoms with van der Waals surface area (Å²) in [5, 5.41) is 0. The van der Waals surface area contributed by atoms with Gasteiger partial charge < -0.3 is 0 Å². The van der Waals surface area contributed by atoms with E-state index < -0.39 is 26.5 Å². The van der Waals surface area contributed by atoms with E-state index in [4.69, 9.17) is 11.0 Å². The van der Waals surface area contributed by atoms with Gasteiger partial charge in [-0.05, 0) is 0 Å². The van der Waals surface area contributed by atoms with Crippen LogP contribution in [-0.4, -0.2) is 0 Å². The number of rotatable bonds is 1. The van der Waals surface area contributed by atoms with Crippen LogP contribution in [0.5, 0.6) is 0 Å². The van der Waals surface area contributed by atoms with Crippen LogP contribution in [0.15, 0.2) is 0 Å². The largest absolute Gasteiger partial charge is 0.0654 e. The standard InChI is InChI=1S/C4H10/c1-3-4-2/h3-4H2,1-2H3/i1D,2D3,3D2,4D2. The van der Waals surface area contributed by atoms with Crippen molar-refractivity contribution >= 4 is 0 Å². The second-order valence-corrected chi connectivity index (χ2v) is 0.302. The van der Waals surface area contributed by atoms with E-state index in [9.17, 15) is 0 Å². The van der Waals surface area contributed by atoms with Gasteiger partial charge in [0.2, 0.25) is 0 Å². The van der Waals surface area contributed by atoms with E-state index in [1.165, 1.54) is 0 Å². The fourth-order valence-corrected chi connectivity index (χ4v) is 0. The van der Waals surface area contributed by atoms with Gasteiger partial charge in [0.25, 0.3) is 0 Å². The van der Waals surface area contributed by atoms with Crippen LogP contribution in [0.25, 0.3) is 0 Å². The highest BCUT2D eigenvalue weighted by Crippen LogP contribution is 1.76. The summed E-state index contributed by atoms with van der Waals surface area (Å²) in [5.41, 5.74) is 0. The average molecular weight is 66.2 g/mol. The van der Waals surface area contributed by atoms with Crippen molar-refractivity contribution in [2.24, 2.45) is 0 Å². The smallest absolute Gasteiger partial charge is 0.0264 e. The maximum absolute atomic E-state index is 6.99. The van der Waals surface area contributed by atoms with E-state index >= 15 is 0 Å². The highest BCUT2D eigenvalue weighted by molar-refractivity contribution is 4.12. The van der Waals surface area contributed by atoms with Gasteiger partial charge in [0.05, 0.1) is 0 Å². The summed E-state index contributed by atoms with van der Waals surface area (Å²) >= 11 is 0. The average Bonchev–Trinajstić information content (AvgIpc) is 1.85. The first-order valence-electron chi connectivity index (χ1n) is 5.06. The van der Waals surface area contributed by atoms with Crippen LogP contribution in [0.2, 0.25) is 0 Å². The van der Waals surface area contributed by atoms with Crippen LogP contribution in [0.1, 0.15) is 37.5 Å². The van der Waals surface area contributed by atoms with Crippen molar-refractivity contribution in [3.63, 3.8) is 0 Å². The molecule has 0 unspecified atom stereocenters. The quantitative estimate of drug-likeness (QED) is 0.438. The first-order chi connectivity index (χ1) is 5.06. The zero-order chi connectivity index (χ0) is 10.2. The van der Waals surface area contributed by atoms with E-state index in [0.717, 1.165) is 0 Å². The van der Waals surface area contributed by atoms with Crippen molar-refractivity contribution in [2.75, 3.05) is 0 Å². The van der Waals surface area contributed by atoms with Crippen LogP contribution < -0.4 is 0 Å². The molecule has 0 heteroatoms. The Kier molecular flexibility index (Phi) is 0.223. The molecule has 0 atom stereocenters. The molecule has 0 saturated carbocycles. The Morgan fingerprint density at radius 1 is 2.00 bits per heavy atom. The molecule has 0 N–H and O–H groups in total. The molecule has 0 spiro atoms. The molecule has 0 aliphatic heterocycles. The lowest BCUT2D eigenvalue weighted by atomic mass is 10.4. The minimum Gasteiger partial charge on any atom is -0.0654 e. The van der Waals surface area contributed by atoms with Crippen molar-refractivity contribution < 1.29 is 11.0 Å². The maximum Gasteiger partial charge on any atom is 0.0264 e. The van der Waals surface area contributed by atoms with Gasteiger partial charge in [-0.2, -0.15) is 0 Å². The summed E-state index contributed by atoms with van der Waals surface area (Å²) in [5.74, 6) is 0. The summed E-state index contributed by atoms with van der Waals surface area (Å²) in [6.45, 7) is -3.93. The van der Waals surface area contributed by atoms with Crippen molar-refractivity contribution in [2.45, 2.75) is 26.5 Å². The minimum atomic E-state index is -3.03. The van der Waals surface area contributed by atoms with E-state index in [-0.39, 0.29) is 0 Å². The van der Waals surface area contributed by atoms with Crippen molar-refractivity contribution in [3.05, 3.63) is 0 Å². The van der Waals surface area contributed by atoms with Gasteiger partial charge in [-0.1, -0.05) is 26.5 Å². The third kappa shape index (κ3) is 2.00. The van der Waals surface area contributed by atoms with Crippen molar-refractivity contribution in [1.29, 1.82) is 0 Å². The van der Waals surface area contributed by atoms with Gasteiger partial charge in [-0.25, -0.2) is 0 Å². The van der Waals surface area contributed by atoms with Crippen molar-refractivity contribution in [3.8, 4) is 0 Å². The van der Waals surface area contributed by atoms with Crippen LogP contribution >= 0.6 is 0 Å². The molecule has 0 aliphatic rings. The molecule has 0 amide bonds. The third-order valence-electron chi connectivity index (χ3n) is 0.0884. The number of hydrogen-bond acceptors (Lipinski definition) is 0. The molecule has 0 heterocycles. The third-order valence-corrected chi connectivity index (χ3v) is 0.0884. The second kappa shape index (κ2) is 3.00. The summed E-state index contributed by atoms with van der Waals surface area (Å²) in [6.07, 6.45) is -5.61. The predicted octanol–water partition coefficient (Wildman–Crippen LogP) is 1.81. The van der Waals surface area contributed by atoms with Gasteiger partial charge in [-0.3, -0.25) is 0 Å². The maximum atomic E-state index is 6.99. The molecule has 0 rings (SSSR count). The van der Waals surface area contributed by atoms with Gasteiger partial charge in [0, 0.05) is 11.0 Å². The molecule has 0 aromatic rings. The highest BCUT2D eigenvalue weighted by atomic mass is 13.6. The Morgan fingerprint density at radius 3 is 3.25 bits per heavy atom. The highest BCUT2D eigenvalue weighted by Gasteiger charge is 1.56. The minimum absolute atomic E-state index is 0.904. The summed E-state index contributed by atoms with van der Waals surface area (Å²) in [6, 6.07) is 0. The Morgan fingerprint density at radius 2 is 3.00 bits per heavy atom. The van der Waals surface area contributed by atoms with Gasteiger partial charge in [-0.15, -0.1) is 0 Å². The predicted molar refractivity (Wildman–Crippen MR) is 20.6 cm³/mol. The zero-order valence-corrected chi connectivity index (χ0v) is 2.21. The SMILES string of the molecule is [2H]CC([2H])([2H])C([2H])([2H])C([2H])([2H])[2H]. The monoisotopic (exact) mass is 66.1 g/mol. The van der Waals surface area contributed by atoms with E-state index in [1.807, 2.05) is 0 Å². The molecular formula is C4H10.